The first-order chi connectivity index (χ1) is 11.1. The van der Waals surface area contributed by atoms with Gasteiger partial charge in [0.05, 0.1) is 18.9 Å². The van der Waals surface area contributed by atoms with Gasteiger partial charge in [-0.2, -0.15) is 0 Å². The number of furan rings is 1. The van der Waals surface area contributed by atoms with Gasteiger partial charge in [-0.1, -0.05) is 30.3 Å². The number of carbonyl (C=O) groups is 1. The smallest absolute Gasteiger partial charge is 0.248 e. The molecule has 23 heavy (non-hydrogen) atoms. The van der Waals surface area contributed by atoms with Gasteiger partial charge in [0, 0.05) is 6.54 Å². The number of likely N-dealkylation sites (N-methyl/N-ethyl adjacent to an activating group) is 1. The van der Waals surface area contributed by atoms with Crippen LogP contribution in [0, 0.1) is 0 Å². The van der Waals surface area contributed by atoms with Gasteiger partial charge in [0.25, 0.3) is 0 Å². The molecule has 2 aromatic rings. The molecule has 0 fully saturated rings. The van der Waals surface area contributed by atoms with Crippen molar-refractivity contribution in [2.24, 2.45) is 0 Å². The molecule has 5 nitrogen and oxygen atoms in total. The van der Waals surface area contributed by atoms with Crippen LogP contribution in [0.4, 0.5) is 0 Å². The summed E-state index contributed by atoms with van der Waals surface area (Å²) in [6.07, 6.45) is 1.13. The van der Waals surface area contributed by atoms with Crippen LogP contribution >= 0.6 is 0 Å². The Bertz CT molecular complexity index is 582. The predicted molar refractivity (Wildman–Crippen MR) is 88.8 cm³/mol. The first-order valence-corrected chi connectivity index (χ1v) is 7.71. The minimum absolute atomic E-state index is 0.00438. The number of nitrogens with one attached hydrogen (secondary N) is 1. The Hall–Kier alpha value is -2.11. The van der Waals surface area contributed by atoms with Crippen LogP contribution in [0.2, 0.25) is 0 Å². The van der Waals surface area contributed by atoms with E-state index >= 15 is 0 Å². The molecular weight excluding hydrogens is 292 g/mol. The third-order valence-corrected chi connectivity index (χ3v) is 3.68. The number of amides is 1. The maximum atomic E-state index is 12.2. The fraction of sp³-hybridized carbons (Fsp3) is 0.389. The summed E-state index contributed by atoms with van der Waals surface area (Å²) in [4.78, 5) is 14.2. The zero-order valence-electron chi connectivity index (χ0n) is 13.9. The summed E-state index contributed by atoms with van der Waals surface area (Å²) in [5.41, 5.74) is 1.05. The van der Waals surface area contributed by atoms with Crippen molar-refractivity contribution in [3.8, 4) is 0 Å². The molecule has 5 heteroatoms. The lowest BCUT2D eigenvalue weighted by Crippen LogP contribution is -2.39. The molecule has 0 saturated heterocycles. The number of ether oxygens (including phenoxy) is 1. The average Bonchev–Trinajstić information content (AvgIpc) is 3.07. The van der Waals surface area contributed by atoms with Gasteiger partial charge in [0.15, 0.2) is 0 Å². The number of nitrogens with zero attached hydrogens (tertiary/aromatic N) is 1. The third-order valence-electron chi connectivity index (χ3n) is 3.68. The average molecular weight is 316 g/mol. The topological polar surface area (TPSA) is 54.7 Å². The van der Waals surface area contributed by atoms with Crippen LogP contribution in [-0.4, -0.2) is 37.6 Å². The summed E-state index contributed by atoms with van der Waals surface area (Å²) >= 11 is 0. The van der Waals surface area contributed by atoms with Crippen LogP contribution in [0.3, 0.4) is 0 Å². The lowest BCUT2D eigenvalue weighted by Gasteiger charge is -2.23. The Labute approximate surface area is 137 Å². The van der Waals surface area contributed by atoms with Crippen molar-refractivity contribution in [1.29, 1.82) is 0 Å². The van der Waals surface area contributed by atoms with Gasteiger partial charge in [-0.3, -0.25) is 9.69 Å². The number of carbonyl (C=O) groups excluding carboxylic acids is 1. The lowest BCUT2D eigenvalue weighted by atomic mass is 10.2. The molecule has 0 spiro atoms. The Kier molecular flexibility index (Phi) is 6.38. The maximum Gasteiger partial charge on any atom is 0.248 e. The molecule has 1 aromatic heterocycles. The van der Waals surface area contributed by atoms with E-state index in [4.69, 9.17) is 9.15 Å². The molecule has 0 unspecified atom stereocenters. The van der Waals surface area contributed by atoms with E-state index in [-0.39, 0.29) is 11.9 Å². The summed E-state index contributed by atoms with van der Waals surface area (Å²) < 4.78 is 11.1. The SMILES string of the molecule is C[C@H](OCc1ccccc1)C(=O)NC[C@H](c1ccco1)N(C)C. The van der Waals surface area contributed by atoms with E-state index in [1.54, 1.807) is 13.2 Å². The van der Waals surface area contributed by atoms with Crippen molar-refractivity contribution in [3.63, 3.8) is 0 Å². The van der Waals surface area contributed by atoms with Crippen LogP contribution in [0.25, 0.3) is 0 Å². The molecule has 0 aliphatic carbocycles. The largest absolute Gasteiger partial charge is 0.468 e. The van der Waals surface area contributed by atoms with Crippen LogP contribution in [0.1, 0.15) is 24.3 Å². The molecule has 2 atom stereocenters. The van der Waals surface area contributed by atoms with Gasteiger partial charge in [-0.25, -0.2) is 0 Å². The highest BCUT2D eigenvalue weighted by Gasteiger charge is 2.20. The van der Waals surface area contributed by atoms with E-state index in [9.17, 15) is 4.79 Å². The van der Waals surface area contributed by atoms with Crippen molar-refractivity contribution in [3.05, 3.63) is 60.1 Å². The van der Waals surface area contributed by atoms with Gasteiger partial charge < -0.3 is 14.5 Å². The molecule has 1 amide bonds. The van der Waals surface area contributed by atoms with E-state index in [1.165, 1.54) is 0 Å². The molecule has 0 aliphatic heterocycles. The molecule has 2 rings (SSSR count). The van der Waals surface area contributed by atoms with E-state index < -0.39 is 6.10 Å². The van der Waals surface area contributed by atoms with Crippen molar-refractivity contribution in [2.45, 2.75) is 25.7 Å². The van der Waals surface area contributed by atoms with Crippen molar-refractivity contribution in [1.82, 2.24) is 10.2 Å². The monoisotopic (exact) mass is 316 g/mol. The van der Waals surface area contributed by atoms with Gasteiger partial charge in [-0.05, 0) is 38.7 Å². The Balaban J connectivity index is 1.81. The lowest BCUT2D eigenvalue weighted by molar-refractivity contribution is -0.132. The number of hydrogen-bond acceptors (Lipinski definition) is 4. The van der Waals surface area contributed by atoms with Crippen LogP contribution < -0.4 is 5.32 Å². The first-order valence-electron chi connectivity index (χ1n) is 7.71. The molecule has 0 saturated carbocycles. The highest BCUT2D eigenvalue weighted by molar-refractivity contribution is 5.80. The van der Waals surface area contributed by atoms with Crippen molar-refractivity contribution >= 4 is 5.91 Å². The molecule has 0 radical (unpaired) electrons. The van der Waals surface area contributed by atoms with Crippen LogP contribution in [0.5, 0.6) is 0 Å². The second-order valence-electron chi connectivity index (χ2n) is 5.68. The minimum atomic E-state index is -0.505. The first kappa shape index (κ1) is 17.2. The van der Waals surface area contributed by atoms with Gasteiger partial charge in [0.1, 0.15) is 11.9 Å². The fourth-order valence-electron chi connectivity index (χ4n) is 2.23. The Morgan fingerprint density at radius 3 is 2.57 bits per heavy atom. The van der Waals surface area contributed by atoms with E-state index in [0.717, 1.165) is 11.3 Å². The van der Waals surface area contributed by atoms with E-state index in [2.05, 4.69) is 5.32 Å². The summed E-state index contributed by atoms with van der Waals surface area (Å²) in [6.45, 7) is 2.65. The third kappa shape index (κ3) is 5.23. The van der Waals surface area contributed by atoms with Gasteiger partial charge in [0.2, 0.25) is 5.91 Å². The highest BCUT2D eigenvalue weighted by Crippen LogP contribution is 2.17. The summed E-state index contributed by atoms with van der Waals surface area (Å²) in [5.74, 6) is 0.701. The zero-order valence-corrected chi connectivity index (χ0v) is 13.9. The van der Waals surface area contributed by atoms with Gasteiger partial charge in [-0.15, -0.1) is 0 Å². The minimum Gasteiger partial charge on any atom is -0.468 e. The summed E-state index contributed by atoms with van der Waals surface area (Å²) in [7, 11) is 3.91. The predicted octanol–water partition coefficient (Wildman–Crippen LogP) is 2.60. The number of hydrogen-bond donors (Lipinski definition) is 1. The second kappa shape index (κ2) is 8.50. The molecule has 0 aliphatic rings. The number of rotatable bonds is 8. The standard InChI is InChI=1S/C18H24N2O3/c1-14(23-13-15-8-5-4-6-9-15)18(21)19-12-16(20(2)3)17-10-7-11-22-17/h4-11,14,16H,12-13H2,1-3H3,(H,19,21)/t14-,16+/m0/s1. The Morgan fingerprint density at radius 1 is 1.22 bits per heavy atom. The van der Waals surface area contributed by atoms with Crippen molar-refractivity contribution in [2.75, 3.05) is 20.6 Å². The molecule has 0 bridgehead atoms. The molecule has 1 N–H and O–H groups in total. The molecular formula is C18H24N2O3. The van der Waals surface area contributed by atoms with Crippen LogP contribution in [-0.2, 0) is 16.1 Å². The summed E-state index contributed by atoms with van der Waals surface area (Å²) in [5, 5.41) is 2.92. The van der Waals surface area contributed by atoms with Gasteiger partial charge >= 0.3 is 0 Å². The van der Waals surface area contributed by atoms with Crippen molar-refractivity contribution < 1.29 is 13.9 Å². The van der Waals surface area contributed by atoms with E-state index in [0.29, 0.717) is 13.2 Å². The summed E-state index contributed by atoms with van der Waals surface area (Å²) in [6, 6.07) is 13.6. The zero-order chi connectivity index (χ0) is 16.7. The second-order valence-corrected chi connectivity index (χ2v) is 5.68. The normalized spacial score (nSPS) is 13.7. The van der Waals surface area contributed by atoms with Crippen LogP contribution in [0.15, 0.2) is 53.1 Å². The maximum absolute atomic E-state index is 12.2. The van der Waals surface area contributed by atoms with E-state index in [1.807, 2.05) is 61.5 Å². The quantitative estimate of drug-likeness (QED) is 0.813. The Morgan fingerprint density at radius 2 is 1.96 bits per heavy atom. The fourth-order valence-corrected chi connectivity index (χ4v) is 2.23. The highest BCUT2D eigenvalue weighted by atomic mass is 16.5. The number of benzene rings is 1. The molecule has 1 aromatic carbocycles. The molecule has 1 heterocycles. The molecule has 124 valence electrons.